The molecule has 1 fully saturated rings. The summed E-state index contributed by atoms with van der Waals surface area (Å²) in [5.74, 6) is -0.324. The first kappa shape index (κ1) is 18.2. The summed E-state index contributed by atoms with van der Waals surface area (Å²) >= 11 is 6.20. The van der Waals surface area contributed by atoms with Gasteiger partial charge in [-0.1, -0.05) is 32.4 Å². The average Bonchev–Trinajstić information content (AvgIpc) is 2.88. The third-order valence-electron chi connectivity index (χ3n) is 4.46. The van der Waals surface area contributed by atoms with Crippen LogP contribution in [0, 0.1) is 5.92 Å². The van der Waals surface area contributed by atoms with E-state index < -0.39 is 15.1 Å². The maximum atomic E-state index is 13.0. The molecule has 0 saturated heterocycles. The van der Waals surface area contributed by atoms with Crippen LogP contribution in [-0.2, 0) is 24.8 Å². The Hall–Kier alpha value is -1.60. The molecular weight excluding hydrogens is 366 g/mol. The quantitative estimate of drug-likeness (QED) is 0.751. The monoisotopic (exact) mass is 385 g/mol. The predicted octanol–water partition coefficient (Wildman–Crippen LogP) is 3.50. The standard InChI is InChI=1S/C17H20ClNO5S/c1-17(2,3)16-19-12-6-5-11(18)14(13(12)24-16)25(21,22)10-7-9(8-10)15(20)23-4/h5-6,9-10H,7-8H2,1-4H3. The van der Waals surface area contributed by atoms with E-state index in [9.17, 15) is 13.2 Å². The lowest BCUT2D eigenvalue weighted by Crippen LogP contribution is -2.40. The number of hydrogen-bond acceptors (Lipinski definition) is 6. The first-order valence-electron chi connectivity index (χ1n) is 7.97. The van der Waals surface area contributed by atoms with Gasteiger partial charge in [-0.15, -0.1) is 0 Å². The minimum atomic E-state index is -3.74. The fourth-order valence-electron chi connectivity index (χ4n) is 2.87. The van der Waals surface area contributed by atoms with E-state index in [2.05, 4.69) is 9.72 Å². The summed E-state index contributed by atoms with van der Waals surface area (Å²) in [5.41, 5.74) is 0.273. The van der Waals surface area contributed by atoms with Gasteiger partial charge in [0.2, 0.25) is 5.89 Å². The number of rotatable bonds is 3. The van der Waals surface area contributed by atoms with E-state index in [1.54, 1.807) is 6.07 Å². The number of oxazole rings is 1. The smallest absolute Gasteiger partial charge is 0.308 e. The van der Waals surface area contributed by atoms with Gasteiger partial charge in [0.25, 0.3) is 0 Å². The van der Waals surface area contributed by atoms with Crippen LogP contribution < -0.4 is 0 Å². The summed E-state index contributed by atoms with van der Waals surface area (Å²) in [6.45, 7) is 5.79. The van der Waals surface area contributed by atoms with Gasteiger partial charge in [0.1, 0.15) is 10.4 Å². The van der Waals surface area contributed by atoms with E-state index in [4.69, 9.17) is 16.0 Å². The second kappa shape index (κ2) is 5.99. The molecule has 3 rings (SSSR count). The van der Waals surface area contributed by atoms with E-state index >= 15 is 0 Å². The molecule has 2 aromatic rings. The number of carbonyl (C=O) groups excluding carboxylic acids is 1. The molecule has 0 aliphatic heterocycles. The zero-order valence-corrected chi connectivity index (χ0v) is 16.1. The van der Waals surface area contributed by atoms with Crippen molar-refractivity contribution in [3.05, 3.63) is 23.0 Å². The van der Waals surface area contributed by atoms with Crippen LogP contribution in [0.2, 0.25) is 5.02 Å². The lowest BCUT2D eigenvalue weighted by atomic mass is 9.85. The van der Waals surface area contributed by atoms with Gasteiger partial charge >= 0.3 is 5.97 Å². The lowest BCUT2D eigenvalue weighted by Gasteiger charge is -2.32. The molecule has 1 aliphatic carbocycles. The van der Waals surface area contributed by atoms with Gasteiger partial charge in [-0.2, -0.15) is 0 Å². The fraction of sp³-hybridized carbons (Fsp3) is 0.529. The van der Waals surface area contributed by atoms with Crippen LogP contribution in [0.15, 0.2) is 21.4 Å². The molecule has 1 saturated carbocycles. The number of aromatic nitrogens is 1. The van der Waals surface area contributed by atoms with Gasteiger partial charge in [0.05, 0.1) is 23.3 Å². The topological polar surface area (TPSA) is 86.5 Å². The highest BCUT2D eigenvalue weighted by Crippen LogP contribution is 2.42. The molecule has 1 heterocycles. The van der Waals surface area contributed by atoms with Crippen LogP contribution >= 0.6 is 11.6 Å². The fourth-order valence-corrected chi connectivity index (χ4v) is 5.40. The molecule has 0 N–H and O–H groups in total. The van der Waals surface area contributed by atoms with Crippen molar-refractivity contribution in [3.63, 3.8) is 0 Å². The normalized spacial score (nSPS) is 21.2. The number of sulfone groups is 1. The molecule has 25 heavy (non-hydrogen) atoms. The van der Waals surface area contributed by atoms with Crippen molar-refractivity contribution in [1.82, 2.24) is 4.98 Å². The molecule has 0 amide bonds. The van der Waals surface area contributed by atoms with Crippen LogP contribution in [0.4, 0.5) is 0 Å². The number of nitrogens with zero attached hydrogens (tertiary/aromatic N) is 1. The molecular formula is C17H20ClNO5S. The Bertz CT molecular complexity index is 936. The molecule has 0 bridgehead atoms. The molecule has 0 radical (unpaired) electrons. The Morgan fingerprint density at radius 2 is 1.96 bits per heavy atom. The Morgan fingerprint density at radius 3 is 2.52 bits per heavy atom. The number of methoxy groups -OCH3 is 1. The molecule has 1 aromatic carbocycles. The van der Waals surface area contributed by atoms with Crippen molar-refractivity contribution < 1.29 is 22.4 Å². The summed E-state index contributed by atoms with van der Waals surface area (Å²) in [7, 11) is -2.44. The molecule has 0 spiro atoms. The number of benzene rings is 1. The average molecular weight is 386 g/mol. The zero-order valence-electron chi connectivity index (χ0n) is 14.5. The van der Waals surface area contributed by atoms with Gasteiger partial charge in [-0.3, -0.25) is 4.79 Å². The summed E-state index contributed by atoms with van der Waals surface area (Å²) in [5, 5.41) is -0.575. The van der Waals surface area contributed by atoms with Crippen molar-refractivity contribution in [2.24, 2.45) is 5.92 Å². The highest BCUT2D eigenvalue weighted by atomic mass is 35.5. The maximum Gasteiger partial charge on any atom is 0.308 e. The van der Waals surface area contributed by atoms with Crippen molar-refractivity contribution in [3.8, 4) is 0 Å². The van der Waals surface area contributed by atoms with Gasteiger partial charge in [0.15, 0.2) is 15.4 Å². The Balaban J connectivity index is 2.04. The number of carbonyl (C=O) groups is 1. The predicted molar refractivity (Wildman–Crippen MR) is 93.4 cm³/mol. The zero-order chi connectivity index (χ0) is 18.6. The highest BCUT2D eigenvalue weighted by molar-refractivity contribution is 7.92. The van der Waals surface area contributed by atoms with Crippen LogP contribution in [0.1, 0.15) is 39.5 Å². The number of hydrogen-bond donors (Lipinski definition) is 0. The third kappa shape index (κ3) is 3.04. The third-order valence-corrected chi connectivity index (χ3v) is 7.12. The van der Waals surface area contributed by atoms with E-state index in [0.29, 0.717) is 11.4 Å². The molecule has 0 unspecified atom stereocenters. The highest BCUT2D eigenvalue weighted by Gasteiger charge is 2.45. The summed E-state index contributed by atoms with van der Waals surface area (Å²) in [6.07, 6.45) is 0.448. The first-order valence-corrected chi connectivity index (χ1v) is 9.89. The minimum absolute atomic E-state index is 0.0389. The molecule has 0 atom stereocenters. The molecule has 8 heteroatoms. The van der Waals surface area contributed by atoms with Gasteiger partial charge in [-0.05, 0) is 25.0 Å². The number of fused-ring (bicyclic) bond motifs is 1. The summed E-state index contributed by atoms with van der Waals surface area (Å²) < 4.78 is 36.5. The van der Waals surface area contributed by atoms with Gasteiger partial charge in [0, 0.05) is 5.41 Å². The summed E-state index contributed by atoms with van der Waals surface area (Å²) in [4.78, 5) is 15.9. The molecule has 136 valence electrons. The van der Waals surface area contributed by atoms with Crippen molar-refractivity contribution >= 4 is 38.5 Å². The molecule has 1 aliphatic rings. The lowest BCUT2D eigenvalue weighted by molar-refractivity contribution is -0.148. The van der Waals surface area contributed by atoms with Gasteiger partial charge in [-0.25, -0.2) is 13.4 Å². The maximum absolute atomic E-state index is 13.0. The van der Waals surface area contributed by atoms with E-state index in [1.165, 1.54) is 13.2 Å². The van der Waals surface area contributed by atoms with Crippen LogP contribution in [0.3, 0.4) is 0 Å². The Labute approximate surface area is 151 Å². The molecule has 1 aromatic heterocycles. The second-order valence-corrected chi connectivity index (χ2v) is 9.92. The number of halogens is 1. The largest absolute Gasteiger partial charge is 0.469 e. The van der Waals surface area contributed by atoms with E-state index in [1.807, 2.05) is 20.8 Å². The van der Waals surface area contributed by atoms with E-state index in [0.717, 1.165) is 0 Å². The number of esters is 1. The van der Waals surface area contributed by atoms with Crippen molar-refractivity contribution in [2.45, 2.75) is 49.2 Å². The second-order valence-electron chi connectivity index (χ2n) is 7.35. The van der Waals surface area contributed by atoms with Crippen molar-refractivity contribution in [1.29, 1.82) is 0 Å². The van der Waals surface area contributed by atoms with Crippen molar-refractivity contribution in [2.75, 3.05) is 7.11 Å². The summed E-state index contributed by atoms with van der Waals surface area (Å²) in [6, 6.07) is 3.16. The van der Waals surface area contributed by atoms with Crippen LogP contribution in [0.5, 0.6) is 0 Å². The number of ether oxygens (including phenoxy) is 1. The first-order chi connectivity index (χ1) is 11.6. The Kier molecular flexibility index (Phi) is 4.36. The SMILES string of the molecule is COC(=O)C1CC(S(=O)(=O)c2c(Cl)ccc3nc(C(C)(C)C)oc23)C1. The minimum Gasteiger partial charge on any atom is -0.469 e. The molecule has 6 nitrogen and oxygen atoms in total. The van der Waals surface area contributed by atoms with E-state index in [-0.39, 0.29) is 45.6 Å². The van der Waals surface area contributed by atoms with Gasteiger partial charge < -0.3 is 9.15 Å². The van der Waals surface area contributed by atoms with Crippen LogP contribution in [-0.4, -0.2) is 31.7 Å². The Morgan fingerprint density at radius 1 is 1.32 bits per heavy atom. The van der Waals surface area contributed by atoms with Crippen LogP contribution in [0.25, 0.3) is 11.1 Å².